The van der Waals surface area contributed by atoms with E-state index in [-0.39, 0.29) is 12.1 Å². The summed E-state index contributed by atoms with van der Waals surface area (Å²) >= 11 is 6.20. The van der Waals surface area contributed by atoms with Crippen LogP contribution in [-0.2, 0) is 5.54 Å². The van der Waals surface area contributed by atoms with E-state index in [1.807, 2.05) is 31.2 Å². The largest absolute Gasteiger partial charge is 0.446 e. The number of benzene rings is 1. The van der Waals surface area contributed by atoms with E-state index in [2.05, 4.69) is 69.7 Å². The van der Waals surface area contributed by atoms with Crippen LogP contribution in [0.15, 0.2) is 65.6 Å². The zero-order valence-electron chi connectivity index (χ0n) is 18.0. The van der Waals surface area contributed by atoms with Crippen molar-refractivity contribution in [2.24, 2.45) is 0 Å². The number of fused-ring (bicyclic) bond motifs is 1. The van der Waals surface area contributed by atoms with Crippen LogP contribution in [0.1, 0.15) is 48.3 Å². The predicted octanol–water partition coefficient (Wildman–Crippen LogP) is 5.25. The molecule has 6 nitrogen and oxygen atoms in total. The Morgan fingerprint density at radius 3 is 2.58 bits per heavy atom. The first kappa shape index (κ1) is 20.0. The number of oxazole rings is 1. The van der Waals surface area contributed by atoms with Crippen molar-refractivity contribution in [3.63, 3.8) is 0 Å². The summed E-state index contributed by atoms with van der Waals surface area (Å²) in [6, 6.07) is 10.3. The molecule has 0 fully saturated rings. The lowest BCUT2D eigenvalue weighted by molar-refractivity contribution is 0.0870. The first-order valence-electron chi connectivity index (χ1n) is 10.4. The van der Waals surface area contributed by atoms with Crippen LogP contribution in [0.2, 0.25) is 5.02 Å². The van der Waals surface area contributed by atoms with Gasteiger partial charge in [-0.15, -0.1) is 10.2 Å². The summed E-state index contributed by atoms with van der Waals surface area (Å²) in [6.07, 6.45) is 9.90. The van der Waals surface area contributed by atoms with Crippen molar-refractivity contribution in [3.8, 4) is 0 Å². The lowest BCUT2D eigenvalue weighted by Gasteiger charge is -2.42. The molecule has 1 aromatic carbocycles. The first-order chi connectivity index (χ1) is 14.9. The molecule has 4 heterocycles. The van der Waals surface area contributed by atoms with Crippen molar-refractivity contribution in [1.82, 2.24) is 24.5 Å². The van der Waals surface area contributed by atoms with Gasteiger partial charge in [-0.2, -0.15) is 0 Å². The standard InChI is InChI=1S/C24H24ClN5O/c1-15(2)30-21(18-13-16(3)22-28-27-17(4)29(22)14-18)9-10-24(30,23-26-11-12-31-23)19-5-7-20(25)8-6-19/h5-15,21H,1-4H3. The molecule has 0 saturated carbocycles. The highest BCUT2D eigenvalue weighted by atomic mass is 35.5. The normalized spacial score (nSPS) is 21.5. The second-order valence-corrected chi connectivity index (χ2v) is 8.75. The smallest absolute Gasteiger partial charge is 0.223 e. The van der Waals surface area contributed by atoms with Gasteiger partial charge in [0.25, 0.3) is 0 Å². The molecule has 0 radical (unpaired) electrons. The van der Waals surface area contributed by atoms with Crippen molar-refractivity contribution in [2.45, 2.75) is 45.3 Å². The maximum absolute atomic E-state index is 6.20. The van der Waals surface area contributed by atoms with E-state index >= 15 is 0 Å². The minimum Gasteiger partial charge on any atom is -0.446 e. The maximum Gasteiger partial charge on any atom is 0.223 e. The van der Waals surface area contributed by atoms with Gasteiger partial charge in [0.15, 0.2) is 5.65 Å². The zero-order valence-corrected chi connectivity index (χ0v) is 18.7. The summed E-state index contributed by atoms with van der Waals surface area (Å²) in [4.78, 5) is 7.02. The molecule has 0 N–H and O–H groups in total. The summed E-state index contributed by atoms with van der Waals surface area (Å²) in [5, 5.41) is 9.26. The van der Waals surface area contributed by atoms with E-state index in [0.717, 1.165) is 22.6 Å². The summed E-state index contributed by atoms with van der Waals surface area (Å²) < 4.78 is 7.97. The SMILES string of the molecule is Cc1cc(C2C=CC(c3ccc(Cl)cc3)(c3ncco3)N2C(C)C)cn2c(C)nnc12. The number of hydrogen-bond donors (Lipinski definition) is 0. The molecular weight excluding hydrogens is 410 g/mol. The molecule has 0 amide bonds. The van der Waals surface area contributed by atoms with Gasteiger partial charge in [-0.05, 0) is 62.6 Å². The van der Waals surface area contributed by atoms with Crippen molar-refractivity contribution in [3.05, 3.63) is 94.6 Å². The maximum atomic E-state index is 6.20. The molecule has 0 aliphatic carbocycles. The molecule has 31 heavy (non-hydrogen) atoms. The third kappa shape index (κ3) is 3.01. The fraction of sp³-hybridized carbons (Fsp3) is 0.292. The van der Waals surface area contributed by atoms with E-state index in [1.165, 1.54) is 5.56 Å². The van der Waals surface area contributed by atoms with E-state index in [0.29, 0.717) is 10.9 Å². The third-order valence-electron chi connectivity index (χ3n) is 6.05. The predicted molar refractivity (Wildman–Crippen MR) is 120 cm³/mol. The Balaban J connectivity index is 1.71. The second-order valence-electron chi connectivity index (χ2n) is 8.31. The molecule has 5 rings (SSSR count). The fourth-order valence-corrected chi connectivity index (χ4v) is 4.88. The zero-order chi connectivity index (χ0) is 21.8. The van der Waals surface area contributed by atoms with E-state index in [4.69, 9.17) is 16.0 Å². The number of halogens is 1. The Morgan fingerprint density at radius 1 is 1.13 bits per heavy atom. The van der Waals surface area contributed by atoms with Crippen molar-refractivity contribution >= 4 is 17.2 Å². The number of hydrogen-bond acceptors (Lipinski definition) is 5. The van der Waals surface area contributed by atoms with Gasteiger partial charge in [0.1, 0.15) is 17.6 Å². The van der Waals surface area contributed by atoms with Gasteiger partial charge in [0, 0.05) is 17.3 Å². The van der Waals surface area contributed by atoms with Gasteiger partial charge in [0.2, 0.25) is 5.89 Å². The van der Waals surface area contributed by atoms with Crippen LogP contribution < -0.4 is 0 Å². The molecular formula is C24H24ClN5O. The van der Waals surface area contributed by atoms with Crippen LogP contribution in [0.4, 0.5) is 0 Å². The van der Waals surface area contributed by atoms with Crippen molar-refractivity contribution < 1.29 is 4.42 Å². The number of pyridine rings is 1. The van der Waals surface area contributed by atoms with Crippen LogP contribution in [0.5, 0.6) is 0 Å². The Kier molecular flexibility index (Phi) is 4.72. The molecule has 0 spiro atoms. The lowest BCUT2D eigenvalue weighted by atomic mass is 9.87. The molecule has 4 aromatic rings. The fourth-order valence-electron chi connectivity index (χ4n) is 4.75. The van der Waals surface area contributed by atoms with Gasteiger partial charge in [0.05, 0.1) is 12.2 Å². The van der Waals surface area contributed by atoms with Crippen molar-refractivity contribution in [2.75, 3.05) is 0 Å². The highest BCUT2D eigenvalue weighted by Crippen LogP contribution is 2.48. The van der Waals surface area contributed by atoms with Gasteiger partial charge >= 0.3 is 0 Å². The molecule has 3 aromatic heterocycles. The number of rotatable bonds is 4. The van der Waals surface area contributed by atoms with Gasteiger partial charge in [-0.3, -0.25) is 9.30 Å². The van der Waals surface area contributed by atoms with Crippen molar-refractivity contribution in [1.29, 1.82) is 0 Å². The first-order valence-corrected chi connectivity index (χ1v) is 10.8. The minimum absolute atomic E-state index is 0.0208. The minimum atomic E-state index is -0.641. The molecule has 1 aliphatic rings. The molecule has 2 unspecified atom stereocenters. The van der Waals surface area contributed by atoms with Gasteiger partial charge < -0.3 is 4.42 Å². The Bertz CT molecular complexity index is 1260. The van der Waals surface area contributed by atoms with E-state index in [1.54, 1.807) is 12.5 Å². The molecule has 2 atom stereocenters. The molecule has 0 saturated heterocycles. The highest BCUT2D eigenvalue weighted by molar-refractivity contribution is 6.30. The second kappa shape index (κ2) is 7.32. The topological polar surface area (TPSA) is 59.5 Å². The van der Waals surface area contributed by atoms with Crippen LogP contribution in [-0.4, -0.2) is 30.5 Å². The quantitative estimate of drug-likeness (QED) is 0.411. The Morgan fingerprint density at radius 2 is 1.90 bits per heavy atom. The average molecular weight is 434 g/mol. The number of aryl methyl sites for hydroxylation is 2. The van der Waals surface area contributed by atoms with Crippen LogP contribution >= 0.6 is 11.6 Å². The van der Waals surface area contributed by atoms with E-state index < -0.39 is 5.54 Å². The van der Waals surface area contributed by atoms with Gasteiger partial charge in [-0.25, -0.2) is 4.98 Å². The molecule has 1 aliphatic heterocycles. The Labute approximate surface area is 186 Å². The molecule has 7 heteroatoms. The van der Waals surface area contributed by atoms with Gasteiger partial charge in [-0.1, -0.05) is 35.9 Å². The molecule has 0 bridgehead atoms. The van der Waals surface area contributed by atoms with Crippen LogP contribution in [0.3, 0.4) is 0 Å². The Hall–Kier alpha value is -2.96. The summed E-state index contributed by atoms with van der Waals surface area (Å²) in [7, 11) is 0. The number of nitrogens with zero attached hydrogens (tertiary/aromatic N) is 5. The highest BCUT2D eigenvalue weighted by Gasteiger charge is 2.50. The number of aromatic nitrogens is 4. The summed E-state index contributed by atoms with van der Waals surface area (Å²) in [6.45, 7) is 8.44. The van der Waals surface area contributed by atoms with Crippen LogP contribution in [0.25, 0.3) is 5.65 Å². The van der Waals surface area contributed by atoms with Crippen LogP contribution in [0, 0.1) is 13.8 Å². The summed E-state index contributed by atoms with van der Waals surface area (Å²) in [5.41, 5.74) is 3.56. The summed E-state index contributed by atoms with van der Waals surface area (Å²) in [5.74, 6) is 1.51. The monoisotopic (exact) mass is 433 g/mol. The average Bonchev–Trinajstić information content (AvgIpc) is 3.47. The van der Waals surface area contributed by atoms with E-state index in [9.17, 15) is 0 Å². The molecule has 158 valence electrons. The lowest BCUT2D eigenvalue weighted by Crippen LogP contribution is -2.47. The third-order valence-corrected chi connectivity index (χ3v) is 6.30.